The number of furan rings is 1. The van der Waals surface area contributed by atoms with Crippen LogP contribution in [0.25, 0.3) is 0 Å². The second-order valence-electron chi connectivity index (χ2n) is 6.79. The molecule has 0 bridgehead atoms. The van der Waals surface area contributed by atoms with E-state index >= 15 is 0 Å². The molecule has 0 saturated carbocycles. The number of rotatable bonds is 6. The molecule has 1 aliphatic rings. The smallest absolute Gasteiger partial charge is 0.118 e. The molecule has 4 rings (SSSR count). The minimum Gasteiger partial charge on any atom is -0.465 e. The van der Waals surface area contributed by atoms with Gasteiger partial charge in [0, 0.05) is 38.4 Å². The van der Waals surface area contributed by atoms with Crippen LogP contribution in [0.3, 0.4) is 0 Å². The van der Waals surface area contributed by atoms with Crippen LogP contribution < -0.4 is 0 Å². The monoisotopic (exact) mass is 353 g/mol. The molecular formula is C19H23N5O2. The van der Waals surface area contributed by atoms with Gasteiger partial charge in [-0.05, 0) is 36.8 Å². The summed E-state index contributed by atoms with van der Waals surface area (Å²) in [6.07, 6.45) is 3.57. The number of aromatic nitrogens is 4. The predicted molar refractivity (Wildman–Crippen MR) is 95.2 cm³/mol. The zero-order valence-corrected chi connectivity index (χ0v) is 15.1. The minimum absolute atomic E-state index is 0.233. The molecule has 7 heteroatoms. The van der Waals surface area contributed by atoms with Crippen LogP contribution >= 0.6 is 0 Å². The highest BCUT2D eigenvalue weighted by molar-refractivity contribution is 5.20. The molecule has 0 N–H and O–H groups in total. The molecule has 1 atom stereocenters. The lowest BCUT2D eigenvalue weighted by atomic mass is 9.99. The fourth-order valence-electron chi connectivity index (χ4n) is 3.53. The molecule has 0 radical (unpaired) electrons. The summed E-state index contributed by atoms with van der Waals surface area (Å²) in [7, 11) is 1.95. The van der Waals surface area contributed by atoms with E-state index in [2.05, 4.69) is 20.2 Å². The number of hydrogen-bond donors (Lipinski definition) is 0. The molecule has 0 fully saturated rings. The summed E-state index contributed by atoms with van der Waals surface area (Å²) in [5, 5.41) is 8.56. The van der Waals surface area contributed by atoms with Gasteiger partial charge in [-0.1, -0.05) is 5.21 Å². The Hall–Kier alpha value is -2.51. The topological polar surface area (TPSA) is 69.2 Å². The first-order valence-electron chi connectivity index (χ1n) is 8.82. The van der Waals surface area contributed by atoms with Crippen LogP contribution in [0.2, 0.25) is 0 Å². The van der Waals surface area contributed by atoms with Crippen molar-refractivity contribution in [2.24, 2.45) is 7.05 Å². The molecule has 1 unspecified atom stereocenters. The molecule has 0 spiro atoms. The Bertz CT molecular complexity index is 858. The first-order valence-corrected chi connectivity index (χ1v) is 8.82. The van der Waals surface area contributed by atoms with Crippen LogP contribution in [0.4, 0.5) is 0 Å². The van der Waals surface area contributed by atoms with Crippen LogP contribution in [0.15, 0.2) is 41.1 Å². The normalized spacial score (nSPS) is 17.4. The third-order valence-corrected chi connectivity index (χ3v) is 4.70. The third kappa shape index (κ3) is 3.68. The molecule has 7 nitrogen and oxygen atoms in total. The summed E-state index contributed by atoms with van der Waals surface area (Å²) in [6.45, 7) is 5.62. The Morgan fingerprint density at radius 2 is 2.08 bits per heavy atom. The molecule has 136 valence electrons. The summed E-state index contributed by atoms with van der Waals surface area (Å²) in [5.41, 5.74) is 3.33. The standard InChI is InChI=1S/C19H23N5O2/c1-14-3-4-17(26-14)10-24-9-16(19-18(11-24)21-22-23(19)2)13-25-12-15-5-7-20-8-6-15/h3-8,16H,9-13H2,1-2H3. The zero-order chi connectivity index (χ0) is 17.9. The third-order valence-electron chi connectivity index (χ3n) is 4.70. The number of fused-ring (bicyclic) bond motifs is 1. The fraction of sp³-hybridized carbons (Fsp3) is 0.421. The van der Waals surface area contributed by atoms with E-state index in [4.69, 9.17) is 9.15 Å². The quantitative estimate of drug-likeness (QED) is 0.678. The van der Waals surface area contributed by atoms with E-state index in [0.717, 1.165) is 42.4 Å². The van der Waals surface area contributed by atoms with Crippen LogP contribution in [0.5, 0.6) is 0 Å². The molecule has 0 amide bonds. The van der Waals surface area contributed by atoms with Gasteiger partial charge in [-0.2, -0.15) is 0 Å². The summed E-state index contributed by atoms with van der Waals surface area (Å²) in [5.74, 6) is 2.15. The maximum Gasteiger partial charge on any atom is 0.118 e. The van der Waals surface area contributed by atoms with E-state index in [-0.39, 0.29) is 5.92 Å². The van der Waals surface area contributed by atoms with Crippen LogP contribution in [-0.4, -0.2) is 38.0 Å². The van der Waals surface area contributed by atoms with Crippen molar-refractivity contribution in [3.05, 3.63) is 65.1 Å². The first kappa shape index (κ1) is 16.9. The molecule has 0 aliphatic carbocycles. The average molecular weight is 353 g/mol. The zero-order valence-electron chi connectivity index (χ0n) is 15.1. The van der Waals surface area contributed by atoms with Gasteiger partial charge in [-0.3, -0.25) is 14.6 Å². The summed E-state index contributed by atoms with van der Waals surface area (Å²) in [6, 6.07) is 7.99. The molecule has 26 heavy (non-hydrogen) atoms. The van der Waals surface area contributed by atoms with Gasteiger partial charge in [-0.15, -0.1) is 5.10 Å². The Morgan fingerprint density at radius 3 is 2.85 bits per heavy atom. The number of pyridine rings is 1. The second-order valence-corrected chi connectivity index (χ2v) is 6.79. The van der Waals surface area contributed by atoms with E-state index in [1.807, 2.05) is 42.9 Å². The van der Waals surface area contributed by atoms with E-state index in [9.17, 15) is 0 Å². The van der Waals surface area contributed by atoms with Gasteiger partial charge in [0.2, 0.25) is 0 Å². The minimum atomic E-state index is 0.233. The van der Waals surface area contributed by atoms with E-state index in [1.165, 1.54) is 5.69 Å². The largest absolute Gasteiger partial charge is 0.465 e. The summed E-state index contributed by atoms with van der Waals surface area (Å²) in [4.78, 5) is 6.38. The van der Waals surface area contributed by atoms with Gasteiger partial charge in [0.1, 0.15) is 17.2 Å². The lowest BCUT2D eigenvalue weighted by Crippen LogP contribution is -2.35. The highest BCUT2D eigenvalue weighted by Gasteiger charge is 2.30. The number of nitrogens with zero attached hydrogens (tertiary/aromatic N) is 5. The van der Waals surface area contributed by atoms with Gasteiger partial charge in [0.25, 0.3) is 0 Å². The van der Waals surface area contributed by atoms with E-state index < -0.39 is 0 Å². The highest BCUT2D eigenvalue weighted by atomic mass is 16.5. The molecule has 3 aromatic rings. The first-order chi connectivity index (χ1) is 12.7. The lowest BCUT2D eigenvalue weighted by molar-refractivity contribution is 0.0812. The van der Waals surface area contributed by atoms with Crippen molar-refractivity contribution >= 4 is 0 Å². The van der Waals surface area contributed by atoms with E-state index in [1.54, 1.807) is 12.4 Å². The maximum atomic E-state index is 6.00. The Balaban J connectivity index is 1.44. The molecule has 1 aliphatic heterocycles. The number of hydrogen-bond acceptors (Lipinski definition) is 6. The maximum absolute atomic E-state index is 6.00. The summed E-state index contributed by atoms with van der Waals surface area (Å²) >= 11 is 0. The molecule has 4 heterocycles. The number of aryl methyl sites for hydroxylation is 2. The van der Waals surface area contributed by atoms with E-state index in [0.29, 0.717) is 13.2 Å². The van der Waals surface area contributed by atoms with Gasteiger partial charge >= 0.3 is 0 Å². The van der Waals surface area contributed by atoms with Crippen molar-refractivity contribution in [3.8, 4) is 0 Å². The molecule has 3 aromatic heterocycles. The average Bonchev–Trinajstić information content (AvgIpc) is 3.22. The Kier molecular flexibility index (Phi) is 4.81. The highest BCUT2D eigenvalue weighted by Crippen LogP contribution is 2.28. The van der Waals surface area contributed by atoms with Gasteiger partial charge < -0.3 is 9.15 Å². The van der Waals surface area contributed by atoms with Crippen LogP contribution in [-0.2, 0) is 31.5 Å². The Labute approximate surface area is 152 Å². The van der Waals surface area contributed by atoms with Crippen molar-refractivity contribution < 1.29 is 9.15 Å². The van der Waals surface area contributed by atoms with Gasteiger partial charge in [0.15, 0.2) is 0 Å². The predicted octanol–water partition coefficient (Wildman–Crippen LogP) is 2.43. The van der Waals surface area contributed by atoms with Crippen LogP contribution in [0, 0.1) is 6.92 Å². The van der Waals surface area contributed by atoms with Gasteiger partial charge in [0.05, 0.1) is 25.5 Å². The molecule has 0 saturated heterocycles. The van der Waals surface area contributed by atoms with Crippen molar-refractivity contribution in [1.29, 1.82) is 0 Å². The van der Waals surface area contributed by atoms with Crippen molar-refractivity contribution in [1.82, 2.24) is 24.9 Å². The van der Waals surface area contributed by atoms with Crippen LogP contribution in [0.1, 0.15) is 34.4 Å². The van der Waals surface area contributed by atoms with Crippen molar-refractivity contribution in [2.75, 3.05) is 13.2 Å². The second kappa shape index (κ2) is 7.39. The van der Waals surface area contributed by atoms with Crippen molar-refractivity contribution in [3.63, 3.8) is 0 Å². The van der Waals surface area contributed by atoms with Gasteiger partial charge in [-0.25, -0.2) is 0 Å². The molecule has 0 aromatic carbocycles. The molecular weight excluding hydrogens is 330 g/mol. The SMILES string of the molecule is Cc1ccc(CN2Cc3nnn(C)c3C(COCc3ccncc3)C2)o1. The van der Waals surface area contributed by atoms with Crippen molar-refractivity contribution in [2.45, 2.75) is 32.5 Å². The fourth-order valence-corrected chi connectivity index (χ4v) is 3.53. The Morgan fingerprint density at radius 1 is 1.23 bits per heavy atom. The lowest BCUT2D eigenvalue weighted by Gasteiger charge is -2.31. The summed E-state index contributed by atoms with van der Waals surface area (Å²) < 4.78 is 13.6. The number of ether oxygens (including phenoxy) is 1.